The smallest absolute Gasteiger partial charge is 0.410 e. The monoisotopic (exact) mass is 657 g/mol. The van der Waals surface area contributed by atoms with Crippen LogP contribution in [0, 0.1) is 6.92 Å². The first kappa shape index (κ1) is 31.1. The molecule has 7 heterocycles. The van der Waals surface area contributed by atoms with Crippen molar-refractivity contribution in [2.75, 3.05) is 55.6 Å². The molecule has 3 aromatic rings. The molecule has 1 amide bonds. The van der Waals surface area contributed by atoms with Crippen molar-refractivity contribution in [2.45, 2.75) is 69.9 Å². The predicted octanol–water partition coefficient (Wildman–Crippen LogP) is 5.63. The minimum absolute atomic E-state index is 0.130. The second-order valence-corrected chi connectivity index (χ2v) is 13.6. The molecular weight excluding hydrogens is 616 g/mol. The number of hydrogen-bond donors (Lipinski definition) is 0. The number of rotatable bonds is 5. The lowest BCUT2D eigenvalue weighted by Crippen LogP contribution is -2.69. The van der Waals surface area contributed by atoms with E-state index in [1.807, 2.05) is 55.5 Å². The van der Waals surface area contributed by atoms with E-state index in [0.717, 1.165) is 67.0 Å². The number of alkyl halides is 2. The number of amides is 1. The summed E-state index contributed by atoms with van der Waals surface area (Å²) < 4.78 is 41.2. The fourth-order valence-electron chi connectivity index (χ4n) is 8.39. The molecule has 1 aromatic carbocycles. The van der Waals surface area contributed by atoms with Crippen LogP contribution >= 0.6 is 0 Å². The Morgan fingerprint density at radius 1 is 1.08 bits per heavy atom. The molecule has 3 atom stereocenters. The van der Waals surface area contributed by atoms with Crippen LogP contribution in [0.25, 0.3) is 6.08 Å². The molecule has 2 aromatic heterocycles. The van der Waals surface area contributed by atoms with Crippen LogP contribution in [0.15, 0.2) is 48.7 Å². The molecule has 0 N–H and O–H groups in total. The number of fused-ring (bicyclic) bond motifs is 5. The first-order valence-corrected chi connectivity index (χ1v) is 17.0. The third kappa shape index (κ3) is 5.38. The molecule has 0 bridgehead atoms. The normalized spacial score (nSPS) is 24.6. The number of carbonyl (C=O) groups is 1. The third-order valence-electron chi connectivity index (χ3n) is 10.9. The Balaban J connectivity index is 0.950. The summed E-state index contributed by atoms with van der Waals surface area (Å²) in [5.74, 6) is 0.592. The van der Waals surface area contributed by atoms with E-state index in [4.69, 9.17) is 9.47 Å². The van der Waals surface area contributed by atoms with Crippen molar-refractivity contribution in [1.82, 2.24) is 25.0 Å². The molecule has 8 rings (SSSR count). The number of aryl methyl sites for hydroxylation is 1. The minimum Gasteiger partial charge on any atom is -0.445 e. The number of ether oxygens (including phenoxy) is 2. The number of pyridine rings is 1. The van der Waals surface area contributed by atoms with Crippen LogP contribution in [0.2, 0.25) is 0 Å². The summed E-state index contributed by atoms with van der Waals surface area (Å²) in [6.45, 7) is 9.06. The van der Waals surface area contributed by atoms with Gasteiger partial charge in [-0.2, -0.15) is 10.2 Å². The topological polar surface area (TPSA) is 87.2 Å². The van der Waals surface area contributed by atoms with E-state index in [2.05, 4.69) is 36.8 Å². The van der Waals surface area contributed by atoms with Crippen molar-refractivity contribution < 1.29 is 23.0 Å². The summed E-state index contributed by atoms with van der Waals surface area (Å²) in [5, 5.41) is 8.53. The molecule has 5 aliphatic rings. The quantitative estimate of drug-likeness (QED) is 0.347. The zero-order valence-electron chi connectivity index (χ0n) is 27.4. The van der Waals surface area contributed by atoms with Crippen LogP contribution in [0.5, 0.6) is 0 Å². The zero-order valence-corrected chi connectivity index (χ0v) is 27.4. The van der Waals surface area contributed by atoms with Crippen LogP contribution in [0.3, 0.4) is 0 Å². The van der Waals surface area contributed by atoms with Gasteiger partial charge in [0, 0.05) is 75.1 Å². The Bertz CT molecular complexity index is 1710. The molecule has 1 spiro atoms. The van der Waals surface area contributed by atoms with Gasteiger partial charge in [-0.25, -0.2) is 18.6 Å². The average Bonchev–Trinajstić information content (AvgIpc) is 3.28. The fraction of sp³-hybridized carbons (Fsp3) is 0.500. The van der Waals surface area contributed by atoms with Crippen LogP contribution in [-0.2, 0) is 21.7 Å². The number of halogens is 2. The van der Waals surface area contributed by atoms with Crippen LogP contribution < -0.4 is 9.80 Å². The summed E-state index contributed by atoms with van der Waals surface area (Å²) in [5.41, 5.74) is 4.83. The zero-order chi connectivity index (χ0) is 33.0. The van der Waals surface area contributed by atoms with Gasteiger partial charge in [0.25, 0.3) is 6.43 Å². The molecule has 0 saturated carbocycles. The number of benzene rings is 1. The number of piperazine rings is 1. The van der Waals surface area contributed by atoms with Crippen LogP contribution in [0.4, 0.5) is 25.1 Å². The average molecular weight is 658 g/mol. The van der Waals surface area contributed by atoms with Crippen LogP contribution in [0.1, 0.15) is 72.4 Å². The Morgan fingerprint density at radius 2 is 1.85 bits per heavy atom. The van der Waals surface area contributed by atoms with Gasteiger partial charge in [-0.3, -0.25) is 4.90 Å². The van der Waals surface area contributed by atoms with Crippen molar-refractivity contribution in [1.29, 1.82) is 0 Å². The van der Waals surface area contributed by atoms with Crippen molar-refractivity contribution in [2.24, 2.45) is 0 Å². The lowest BCUT2D eigenvalue weighted by molar-refractivity contribution is -0.0851. The number of piperidine rings is 1. The van der Waals surface area contributed by atoms with Gasteiger partial charge in [-0.1, -0.05) is 42.5 Å². The molecule has 0 aliphatic carbocycles. The predicted molar refractivity (Wildman–Crippen MR) is 177 cm³/mol. The summed E-state index contributed by atoms with van der Waals surface area (Å²) >= 11 is 0. The van der Waals surface area contributed by atoms with Gasteiger partial charge < -0.3 is 24.2 Å². The van der Waals surface area contributed by atoms with Gasteiger partial charge in [-0.05, 0) is 44.2 Å². The minimum atomic E-state index is -2.69. The highest BCUT2D eigenvalue weighted by Gasteiger charge is 2.49. The number of aromatic nitrogens is 3. The lowest BCUT2D eigenvalue weighted by Gasteiger charge is -2.55. The Labute approximate surface area is 279 Å². The Hall–Kier alpha value is -4.16. The molecule has 0 unspecified atom stereocenters. The fourth-order valence-corrected chi connectivity index (χ4v) is 8.39. The number of hydrogen-bond acceptors (Lipinski definition) is 9. The second-order valence-electron chi connectivity index (χ2n) is 13.6. The van der Waals surface area contributed by atoms with E-state index in [1.165, 1.54) is 0 Å². The van der Waals surface area contributed by atoms with Gasteiger partial charge >= 0.3 is 6.09 Å². The van der Waals surface area contributed by atoms with Crippen molar-refractivity contribution in [3.8, 4) is 0 Å². The summed E-state index contributed by atoms with van der Waals surface area (Å²) in [4.78, 5) is 25.9. The van der Waals surface area contributed by atoms with E-state index < -0.39 is 12.0 Å². The Kier molecular flexibility index (Phi) is 8.03. The first-order valence-electron chi connectivity index (χ1n) is 17.0. The molecule has 0 radical (unpaired) electrons. The molecule has 252 valence electrons. The van der Waals surface area contributed by atoms with E-state index >= 15 is 0 Å². The van der Waals surface area contributed by atoms with Crippen LogP contribution in [-0.4, -0.2) is 89.0 Å². The molecular formula is C36H41F2N7O3. The maximum absolute atomic E-state index is 14.6. The summed E-state index contributed by atoms with van der Waals surface area (Å²) in [6, 6.07) is 12.1. The SMILES string of the molecule is Cc1cnnc2c1C1(CCN(c3cc4c(c(C(F)F)n3)C=CC[C@H]3[C@H](N5CCN(C(=O)OCc6ccccc6)CC5)CN43)CC1)O[C@H]2C. The molecule has 12 heteroatoms. The van der Waals surface area contributed by atoms with E-state index in [0.29, 0.717) is 37.6 Å². The van der Waals surface area contributed by atoms with E-state index in [9.17, 15) is 13.6 Å². The van der Waals surface area contributed by atoms with Crippen molar-refractivity contribution in [3.05, 3.63) is 82.3 Å². The second kappa shape index (κ2) is 12.4. The van der Waals surface area contributed by atoms with E-state index in [-0.39, 0.29) is 36.6 Å². The van der Waals surface area contributed by atoms with Crippen molar-refractivity contribution >= 4 is 23.7 Å². The highest BCUT2D eigenvalue weighted by molar-refractivity contribution is 5.76. The van der Waals surface area contributed by atoms with E-state index in [1.54, 1.807) is 11.1 Å². The first-order chi connectivity index (χ1) is 23.3. The standard InChI is InChI=1S/C36H41F2N7O3/c1-23-20-39-41-32-24(2)48-36(31(23)32)11-13-43(14-12-36)30-19-28-26(33(40-30)34(37)38)9-6-10-27-29(21-45(27)28)42-15-17-44(18-16-42)35(46)47-22-25-7-4-3-5-8-25/h3-9,19-20,24,27,29,34H,10-18,21-22H2,1-2H3/t24-,27-,29+/m0/s1. The van der Waals surface area contributed by atoms with Gasteiger partial charge in [0.2, 0.25) is 0 Å². The van der Waals surface area contributed by atoms with Gasteiger partial charge in [0.1, 0.15) is 24.2 Å². The maximum Gasteiger partial charge on any atom is 0.410 e. The number of anilines is 2. The Morgan fingerprint density at radius 3 is 2.60 bits per heavy atom. The molecule has 3 saturated heterocycles. The van der Waals surface area contributed by atoms with Gasteiger partial charge in [-0.15, -0.1) is 0 Å². The number of nitrogens with zero attached hydrogens (tertiary/aromatic N) is 7. The van der Waals surface area contributed by atoms with Gasteiger partial charge in [0.15, 0.2) is 0 Å². The number of carbonyl (C=O) groups excluding carboxylic acids is 1. The third-order valence-corrected chi connectivity index (χ3v) is 10.9. The molecule has 5 aliphatic heterocycles. The maximum atomic E-state index is 14.6. The highest BCUT2D eigenvalue weighted by atomic mass is 19.3. The largest absolute Gasteiger partial charge is 0.445 e. The molecule has 48 heavy (non-hydrogen) atoms. The van der Waals surface area contributed by atoms with Crippen molar-refractivity contribution in [3.63, 3.8) is 0 Å². The summed E-state index contributed by atoms with van der Waals surface area (Å²) in [6.07, 6.45) is 4.76. The lowest BCUT2D eigenvalue weighted by atomic mass is 9.83. The molecule has 10 nitrogen and oxygen atoms in total. The molecule has 3 fully saturated rings. The van der Waals surface area contributed by atoms with Gasteiger partial charge in [0.05, 0.1) is 23.2 Å². The summed E-state index contributed by atoms with van der Waals surface area (Å²) in [7, 11) is 0. The highest BCUT2D eigenvalue weighted by Crippen LogP contribution is 2.50.